The highest BCUT2D eigenvalue weighted by molar-refractivity contribution is 5.94. The normalized spacial score (nSPS) is 17.1. The van der Waals surface area contributed by atoms with Gasteiger partial charge in [-0.2, -0.15) is 5.10 Å². The van der Waals surface area contributed by atoms with Gasteiger partial charge < -0.3 is 10.1 Å². The van der Waals surface area contributed by atoms with Crippen LogP contribution in [0.1, 0.15) is 27.3 Å². The van der Waals surface area contributed by atoms with Gasteiger partial charge in [-0.1, -0.05) is 30.3 Å². The average molecular weight is 405 g/mol. The molecule has 6 nitrogen and oxygen atoms in total. The molecule has 1 atom stereocenters. The summed E-state index contributed by atoms with van der Waals surface area (Å²) in [6.07, 6.45) is 0.000356. The summed E-state index contributed by atoms with van der Waals surface area (Å²) in [5.74, 6) is -0.0845. The van der Waals surface area contributed by atoms with E-state index in [0.717, 1.165) is 36.7 Å². The van der Waals surface area contributed by atoms with Crippen molar-refractivity contribution in [2.24, 2.45) is 0 Å². The number of nitrogens with zero attached hydrogens (tertiary/aromatic N) is 3. The summed E-state index contributed by atoms with van der Waals surface area (Å²) >= 11 is 0. The van der Waals surface area contributed by atoms with E-state index < -0.39 is 0 Å². The molecule has 1 amide bonds. The third kappa shape index (κ3) is 4.96. The van der Waals surface area contributed by atoms with E-state index in [0.29, 0.717) is 18.7 Å². The van der Waals surface area contributed by atoms with Crippen LogP contribution in [0.2, 0.25) is 0 Å². The van der Waals surface area contributed by atoms with Gasteiger partial charge in [0, 0.05) is 37.4 Å². The second-order valence-corrected chi connectivity index (χ2v) is 7.81. The van der Waals surface area contributed by atoms with Gasteiger partial charge in [0.2, 0.25) is 0 Å². The molecule has 0 bridgehead atoms. The minimum Gasteiger partial charge on any atom is -0.374 e. The third-order valence-corrected chi connectivity index (χ3v) is 5.35. The molecule has 1 saturated heterocycles. The van der Waals surface area contributed by atoms with Crippen molar-refractivity contribution in [2.75, 3.05) is 26.2 Å². The fourth-order valence-electron chi connectivity index (χ4n) is 3.84. The van der Waals surface area contributed by atoms with Crippen molar-refractivity contribution < 1.29 is 9.53 Å². The zero-order chi connectivity index (χ0) is 20.9. The number of hydrogen-bond acceptors (Lipinski definition) is 4. The standard InChI is InChI=1S/C24H28N4O2/c1-18-14-19(2)28(26-18)22-10-8-21(9-11-22)24(29)25-15-23-17-27(12-13-30-23)16-20-6-4-3-5-7-20/h3-11,14,23H,12-13,15-17H2,1-2H3,(H,25,29). The smallest absolute Gasteiger partial charge is 0.251 e. The Morgan fingerprint density at radius 2 is 1.90 bits per heavy atom. The molecular weight excluding hydrogens is 376 g/mol. The van der Waals surface area contributed by atoms with Crippen molar-refractivity contribution in [3.8, 4) is 5.69 Å². The summed E-state index contributed by atoms with van der Waals surface area (Å²) in [5, 5.41) is 7.50. The molecule has 0 saturated carbocycles. The Morgan fingerprint density at radius 3 is 2.60 bits per heavy atom. The molecular formula is C24H28N4O2. The quantitative estimate of drug-likeness (QED) is 0.686. The van der Waals surface area contributed by atoms with Crippen LogP contribution < -0.4 is 5.32 Å². The Balaban J connectivity index is 1.30. The average Bonchev–Trinajstić information content (AvgIpc) is 3.11. The Hall–Kier alpha value is -2.96. The number of aromatic nitrogens is 2. The number of ether oxygens (including phenoxy) is 1. The van der Waals surface area contributed by atoms with E-state index >= 15 is 0 Å². The van der Waals surface area contributed by atoms with Crippen molar-refractivity contribution >= 4 is 5.91 Å². The Morgan fingerprint density at radius 1 is 1.13 bits per heavy atom. The molecule has 1 aromatic heterocycles. The molecule has 156 valence electrons. The van der Waals surface area contributed by atoms with Gasteiger partial charge in [0.05, 0.1) is 24.1 Å². The van der Waals surface area contributed by atoms with Crippen molar-refractivity contribution in [1.82, 2.24) is 20.0 Å². The van der Waals surface area contributed by atoms with E-state index in [4.69, 9.17) is 4.74 Å². The third-order valence-electron chi connectivity index (χ3n) is 5.35. The lowest BCUT2D eigenvalue weighted by Crippen LogP contribution is -2.47. The maximum absolute atomic E-state index is 12.6. The maximum atomic E-state index is 12.6. The predicted molar refractivity (Wildman–Crippen MR) is 117 cm³/mol. The molecule has 1 fully saturated rings. The fourth-order valence-corrected chi connectivity index (χ4v) is 3.84. The number of hydrogen-bond donors (Lipinski definition) is 1. The van der Waals surface area contributed by atoms with Crippen LogP contribution in [0.5, 0.6) is 0 Å². The van der Waals surface area contributed by atoms with Crippen LogP contribution in [0, 0.1) is 13.8 Å². The first-order valence-electron chi connectivity index (χ1n) is 10.4. The van der Waals surface area contributed by atoms with Crippen molar-refractivity contribution in [2.45, 2.75) is 26.5 Å². The first kappa shape index (κ1) is 20.3. The van der Waals surface area contributed by atoms with Crippen LogP contribution in [-0.2, 0) is 11.3 Å². The number of rotatable bonds is 6. The minimum atomic E-state index is -0.0845. The van der Waals surface area contributed by atoms with E-state index in [9.17, 15) is 4.79 Å². The lowest BCUT2D eigenvalue weighted by Gasteiger charge is -2.33. The summed E-state index contributed by atoms with van der Waals surface area (Å²) < 4.78 is 7.74. The second kappa shape index (κ2) is 9.24. The predicted octanol–water partition coefficient (Wildman–Crippen LogP) is 3.12. The topological polar surface area (TPSA) is 59.4 Å². The first-order valence-corrected chi connectivity index (χ1v) is 10.4. The van der Waals surface area contributed by atoms with Gasteiger partial charge in [0.25, 0.3) is 5.91 Å². The summed E-state index contributed by atoms with van der Waals surface area (Å²) in [6, 6.07) is 20.0. The van der Waals surface area contributed by atoms with Gasteiger partial charge >= 0.3 is 0 Å². The summed E-state index contributed by atoms with van der Waals surface area (Å²) in [6.45, 7) is 7.81. The van der Waals surface area contributed by atoms with Crippen LogP contribution in [0.25, 0.3) is 5.69 Å². The number of aryl methyl sites for hydroxylation is 2. The molecule has 3 aromatic rings. The van der Waals surface area contributed by atoms with E-state index in [1.165, 1.54) is 5.56 Å². The molecule has 1 N–H and O–H groups in total. The molecule has 1 aliphatic rings. The lowest BCUT2D eigenvalue weighted by molar-refractivity contribution is -0.0292. The Labute approximate surface area is 177 Å². The number of morpholine rings is 1. The summed E-state index contributed by atoms with van der Waals surface area (Å²) in [4.78, 5) is 14.9. The SMILES string of the molecule is Cc1cc(C)n(-c2ccc(C(=O)NCC3CN(Cc4ccccc4)CCO3)cc2)n1. The molecule has 1 aliphatic heterocycles. The molecule has 1 unspecified atom stereocenters. The molecule has 2 heterocycles. The highest BCUT2D eigenvalue weighted by atomic mass is 16.5. The van der Waals surface area contributed by atoms with Gasteiger partial charge in [-0.15, -0.1) is 0 Å². The van der Waals surface area contributed by atoms with Crippen molar-refractivity contribution in [3.05, 3.63) is 83.2 Å². The van der Waals surface area contributed by atoms with Gasteiger partial charge in [0.15, 0.2) is 0 Å². The number of benzene rings is 2. The highest BCUT2D eigenvalue weighted by Crippen LogP contribution is 2.14. The number of carbonyl (C=O) groups is 1. The van der Waals surface area contributed by atoms with Crippen LogP contribution in [0.4, 0.5) is 0 Å². The largest absolute Gasteiger partial charge is 0.374 e. The zero-order valence-electron chi connectivity index (χ0n) is 17.5. The minimum absolute atomic E-state index is 0.000356. The molecule has 6 heteroatoms. The fraction of sp³-hybridized carbons (Fsp3) is 0.333. The van der Waals surface area contributed by atoms with Gasteiger partial charge in [-0.25, -0.2) is 4.68 Å². The zero-order valence-corrected chi connectivity index (χ0v) is 17.5. The molecule has 0 spiro atoms. The van der Waals surface area contributed by atoms with Crippen molar-refractivity contribution in [3.63, 3.8) is 0 Å². The highest BCUT2D eigenvalue weighted by Gasteiger charge is 2.21. The number of nitrogens with one attached hydrogen (secondary N) is 1. The maximum Gasteiger partial charge on any atom is 0.251 e. The Bertz CT molecular complexity index is 982. The van der Waals surface area contributed by atoms with Crippen LogP contribution in [0.3, 0.4) is 0 Å². The summed E-state index contributed by atoms with van der Waals surface area (Å²) in [7, 11) is 0. The summed E-state index contributed by atoms with van der Waals surface area (Å²) in [5.41, 5.74) is 4.92. The monoisotopic (exact) mass is 404 g/mol. The molecule has 4 rings (SSSR count). The Kier molecular flexibility index (Phi) is 6.26. The number of amides is 1. The van der Waals surface area contributed by atoms with Gasteiger partial charge in [0.1, 0.15) is 0 Å². The second-order valence-electron chi connectivity index (χ2n) is 7.81. The van der Waals surface area contributed by atoms with E-state index in [1.54, 1.807) is 0 Å². The van der Waals surface area contributed by atoms with Crippen LogP contribution in [-0.4, -0.2) is 52.9 Å². The van der Waals surface area contributed by atoms with E-state index in [-0.39, 0.29) is 12.0 Å². The molecule has 0 radical (unpaired) electrons. The van der Waals surface area contributed by atoms with Crippen LogP contribution in [0.15, 0.2) is 60.7 Å². The molecule has 2 aromatic carbocycles. The van der Waals surface area contributed by atoms with Gasteiger partial charge in [-0.3, -0.25) is 9.69 Å². The molecule has 30 heavy (non-hydrogen) atoms. The number of carbonyl (C=O) groups excluding carboxylic acids is 1. The lowest BCUT2D eigenvalue weighted by atomic mass is 10.1. The first-order chi connectivity index (χ1) is 14.6. The van der Waals surface area contributed by atoms with Crippen molar-refractivity contribution in [1.29, 1.82) is 0 Å². The molecule has 0 aliphatic carbocycles. The van der Waals surface area contributed by atoms with E-state index in [1.807, 2.05) is 54.9 Å². The van der Waals surface area contributed by atoms with E-state index in [2.05, 4.69) is 39.6 Å². The van der Waals surface area contributed by atoms with Gasteiger partial charge in [-0.05, 0) is 49.7 Å². The van der Waals surface area contributed by atoms with Crippen LogP contribution >= 0.6 is 0 Å².